The van der Waals surface area contributed by atoms with Gasteiger partial charge in [0.1, 0.15) is 0 Å². The van der Waals surface area contributed by atoms with Crippen LogP contribution in [0.1, 0.15) is 30.2 Å². The summed E-state index contributed by atoms with van der Waals surface area (Å²) in [6, 6.07) is 3.20. The van der Waals surface area contributed by atoms with Gasteiger partial charge in [0.15, 0.2) is 0 Å². The minimum Gasteiger partial charge on any atom is -0.323 e. The minimum atomic E-state index is -2.57. The summed E-state index contributed by atoms with van der Waals surface area (Å²) in [5.41, 5.74) is 5.85. The van der Waals surface area contributed by atoms with Crippen LogP contribution in [0.4, 0.5) is 8.78 Å². The van der Waals surface area contributed by atoms with Crippen molar-refractivity contribution >= 4 is 11.3 Å². The molecule has 0 radical (unpaired) electrons. The Balaban J connectivity index is 2.16. The Bertz CT molecular complexity index is 297. The lowest BCUT2D eigenvalue weighted by Gasteiger charge is -2.24. The number of halogens is 2. The van der Waals surface area contributed by atoms with E-state index in [0.717, 1.165) is 4.88 Å². The van der Waals surface area contributed by atoms with Crippen molar-refractivity contribution in [3.63, 3.8) is 0 Å². The predicted molar refractivity (Wildman–Crippen MR) is 53.5 cm³/mol. The van der Waals surface area contributed by atoms with Crippen LogP contribution in [-0.4, -0.2) is 5.92 Å². The molecule has 1 aliphatic carbocycles. The van der Waals surface area contributed by atoms with Crippen LogP contribution >= 0.6 is 11.3 Å². The van der Waals surface area contributed by atoms with E-state index in [1.165, 1.54) is 11.3 Å². The van der Waals surface area contributed by atoms with Crippen LogP contribution in [0.25, 0.3) is 0 Å². The third kappa shape index (κ3) is 1.68. The molecule has 0 spiro atoms. The Labute approximate surface area is 85.9 Å². The average Bonchev–Trinajstić information content (AvgIpc) is 2.71. The van der Waals surface area contributed by atoms with Gasteiger partial charge in [-0.05, 0) is 24.3 Å². The van der Waals surface area contributed by atoms with Crippen LogP contribution < -0.4 is 5.73 Å². The number of alkyl halides is 2. The molecule has 0 amide bonds. The molecule has 2 N–H and O–H groups in total. The van der Waals surface area contributed by atoms with Gasteiger partial charge < -0.3 is 5.73 Å². The van der Waals surface area contributed by atoms with Gasteiger partial charge in [-0.15, -0.1) is 11.3 Å². The second-order valence-corrected chi connectivity index (χ2v) is 4.78. The second-order valence-electron chi connectivity index (χ2n) is 3.80. The number of hydrogen-bond donors (Lipinski definition) is 1. The van der Waals surface area contributed by atoms with Gasteiger partial charge in [-0.25, -0.2) is 8.78 Å². The van der Waals surface area contributed by atoms with E-state index in [4.69, 9.17) is 5.73 Å². The van der Waals surface area contributed by atoms with Crippen molar-refractivity contribution < 1.29 is 8.78 Å². The van der Waals surface area contributed by atoms with Crippen LogP contribution in [0, 0.1) is 5.92 Å². The zero-order chi connectivity index (χ0) is 10.2. The summed E-state index contributed by atoms with van der Waals surface area (Å²) >= 11 is 1.46. The SMILES string of the molecule is NC(c1cccs1)C1CCCC1(F)F. The van der Waals surface area contributed by atoms with Gasteiger partial charge in [0.2, 0.25) is 0 Å². The predicted octanol–water partition coefficient (Wildman–Crippen LogP) is 3.18. The molecule has 0 aliphatic heterocycles. The molecule has 2 atom stereocenters. The molecule has 2 rings (SSSR count). The standard InChI is InChI=1S/C10H13F2NS/c11-10(12)5-1-3-7(10)9(13)8-4-2-6-14-8/h2,4,6-7,9H,1,3,5,13H2. The van der Waals surface area contributed by atoms with Crippen LogP contribution in [0.5, 0.6) is 0 Å². The molecule has 1 saturated carbocycles. The minimum absolute atomic E-state index is 0.00323. The van der Waals surface area contributed by atoms with E-state index < -0.39 is 17.9 Å². The van der Waals surface area contributed by atoms with E-state index >= 15 is 0 Å². The first-order valence-corrected chi connectivity index (χ1v) is 5.66. The lowest BCUT2D eigenvalue weighted by molar-refractivity contribution is -0.0453. The lowest BCUT2D eigenvalue weighted by Crippen LogP contribution is -2.31. The van der Waals surface area contributed by atoms with Crippen LogP contribution in [0.3, 0.4) is 0 Å². The number of rotatable bonds is 2. The molecular weight excluding hydrogens is 204 g/mol. The Morgan fingerprint density at radius 1 is 1.57 bits per heavy atom. The fraction of sp³-hybridized carbons (Fsp3) is 0.600. The van der Waals surface area contributed by atoms with E-state index in [1.54, 1.807) is 0 Å². The third-order valence-corrected chi connectivity index (χ3v) is 3.85. The second kappa shape index (κ2) is 3.59. The summed E-state index contributed by atoms with van der Waals surface area (Å²) in [7, 11) is 0. The fourth-order valence-electron chi connectivity index (χ4n) is 2.08. The molecule has 1 nitrogen and oxygen atoms in total. The summed E-state index contributed by atoms with van der Waals surface area (Å²) in [5.74, 6) is -3.23. The van der Waals surface area contributed by atoms with Gasteiger partial charge in [0, 0.05) is 23.3 Å². The van der Waals surface area contributed by atoms with Crippen LogP contribution in [0.15, 0.2) is 17.5 Å². The zero-order valence-corrected chi connectivity index (χ0v) is 8.57. The fourth-order valence-corrected chi connectivity index (χ4v) is 2.87. The molecule has 14 heavy (non-hydrogen) atoms. The quantitative estimate of drug-likeness (QED) is 0.809. The highest BCUT2D eigenvalue weighted by Gasteiger charge is 2.47. The zero-order valence-electron chi connectivity index (χ0n) is 7.75. The molecule has 78 valence electrons. The molecule has 0 bridgehead atoms. The number of thiophene rings is 1. The van der Waals surface area contributed by atoms with E-state index in [0.29, 0.717) is 12.8 Å². The summed E-state index contributed by atoms with van der Waals surface area (Å²) in [6.45, 7) is 0. The molecule has 4 heteroatoms. The van der Waals surface area contributed by atoms with E-state index in [9.17, 15) is 8.78 Å². The largest absolute Gasteiger partial charge is 0.323 e. The maximum atomic E-state index is 13.4. The van der Waals surface area contributed by atoms with Gasteiger partial charge in [-0.3, -0.25) is 0 Å². The molecule has 1 aliphatic rings. The Kier molecular flexibility index (Phi) is 2.58. The number of nitrogens with two attached hydrogens (primary N) is 1. The lowest BCUT2D eigenvalue weighted by atomic mass is 9.95. The monoisotopic (exact) mass is 217 g/mol. The van der Waals surface area contributed by atoms with Gasteiger partial charge in [0.05, 0.1) is 0 Å². The first kappa shape index (κ1) is 10.1. The van der Waals surface area contributed by atoms with E-state index in [-0.39, 0.29) is 6.42 Å². The molecule has 0 saturated heterocycles. The molecule has 2 unspecified atom stereocenters. The molecule has 1 aromatic heterocycles. The molecule has 0 aromatic carbocycles. The van der Waals surface area contributed by atoms with Gasteiger partial charge >= 0.3 is 0 Å². The number of hydrogen-bond acceptors (Lipinski definition) is 2. The van der Waals surface area contributed by atoms with Gasteiger partial charge in [-0.2, -0.15) is 0 Å². The highest BCUT2D eigenvalue weighted by atomic mass is 32.1. The maximum absolute atomic E-state index is 13.4. The molecule has 1 fully saturated rings. The van der Waals surface area contributed by atoms with E-state index in [2.05, 4.69) is 0 Å². The Morgan fingerprint density at radius 3 is 2.86 bits per heavy atom. The van der Waals surface area contributed by atoms with Crippen molar-refractivity contribution in [2.45, 2.75) is 31.2 Å². The summed E-state index contributed by atoms with van der Waals surface area (Å²) in [5, 5.41) is 1.88. The maximum Gasteiger partial charge on any atom is 0.252 e. The van der Waals surface area contributed by atoms with Crippen LogP contribution in [-0.2, 0) is 0 Å². The Hall–Kier alpha value is -0.480. The van der Waals surface area contributed by atoms with Crippen molar-refractivity contribution in [2.24, 2.45) is 11.7 Å². The van der Waals surface area contributed by atoms with Crippen molar-refractivity contribution in [1.29, 1.82) is 0 Å². The molecule has 1 heterocycles. The smallest absolute Gasteiger partial charge is 0.252 e. The normalized spacial score (nSPS) is 27.8. The third-order valence-electron chi connectivity index (χ3n) is 2.87. The summed E-state index contributed by atoms with van der Waals surface area (Å²) < 4.78 is 26.8. The summed E-state index contributed by atoms with van der Waals surface area (Å²) in [4.78, 5) is 0.872. The highest BCUT2D eigenvalue weighted by Crippen LogP contribution is 2.46. The first-order chi connectivity index (χ1) is 6.61. The van der Waals surface area contributed by atoms with Crippen molar-refractivity contribution in [3.8, 4) is 0 Å². The van der Waals surface area contributed by atoms with Crippen molar-refractivity contribution in [2.75, 3.05) is 0 Å². The highest BCUT2D eigenvalue weighted by molar-refractivity contribution is 7.10. The van der Waals surface area contributed by atoms with Gasteiger partial charge in [0.25, 0.3) is 5.92 Å². The van der Waals surface area contributed by atoms with Crippen molar-refractivity contribution in [1.82, 2.24) is 0 Å². The summed E-state index contributed by atoms with van der Waals surface area (Å²) in [6.07, 6.45) is 1.14. The average molecular weight is 217 g/mol. The van der Waals surface area contributed by atoms with Crippen LogP contribution in [0.2, 0.25) is 0 Å². The molecule has 1 aromatic rings. The Morgan fingerprint density at radius 2 is 2.36 bits per heavy atom. The van der Waals surface area contributed by atoms with E-state index in [1.807, 2.05) is 17.5 Å². The van der Waals surface area contributed by atoms with Gasteiger partial charge in [-0.1, -0.05) is 6.07 Å². The topological polar surface area (TPSA) is 26.0 Å². The van der Waals surface area contributed by atoms with Crippen molar-refractivity contribution in [3.05, 3.63) is 22.4 Å². The first-order valence-electron chi connectivity index (χ1n) is 4.78. The molecular formula is C10H13F2NS.